The summed E-state index contributed by atoms with van der Waals surface area (Å²) in [6, 6.07) is 0.0965. The zero-order valence-corrected chi connectivity index (χ0v) is 26.9. The number of carboxylic acid groups (broad SMARTS) is 2. The quantitative estimate of drug-likeness (QED) is 0.0932. The van der Waals surface area contributed by atoms with Gasteiger partial charge in [-0.2, -0.15) is 0 Å². The topological polar surface area (TPSA) is 276 Å². The minimum atomic E-state index is -1.75. The Labute approximate surface area is 271 Å². The second kappa shape index (κ2) is 17.6. The molecule has 5 atom stereocenters. The molecule has 2 aromatic rings. The predicted molar refractivity (Wildman–Crippen MR) is 170 cm³/mol. The van der Waals surface area contributed by atoms with E-state index in [9.17, 15) is 43.8 Å². The molecule has 11 N–H and O–H groups in total. The van der Waals surface area contributed by atoms with Gasteiger partial charge in [0, 0.05) is 23.5 Å². The summed E-state index contributed by atoms with van der Waals surface area (Å²) in [5, 5.41) is 29.4. The first-order chi connectivity index (χ1) is 22.0. The molecular weight excluding hydrogens is 614 g/mol. The average molecular weight is 660 g/mol. The number of carbonyl (C=O) groups excluding carboxylic acids is 5. The van der Waals surface area contributed by atoms with Gasteiger partial charge in [-0.15, -0.1) is 0 Å². The molecule has 0 saturated carbocycles. The molecule has 16 heteroatoms. The molecule has 16 nitrogen and oxygen atoms in total. The van der Waals surface area contributed by atoms with Gasteiger partial charge in [-0.25, -0.2) is 4.79 Å². The van der Waals surface area contributed by atoms with Crippen molar-refractivity contribution in [2.75, 3.05) is 0 Å². The number of benzene rings is 1. The molecule has 0 aliphatic heterocycles. The van der Waals surface area contributed by atoms with Gasteiger partial charge in [0.25, 0.3) is 0 Å². The molecule has 0 unspecified atom stereocenters. The van der Waals surface area contributed by atoms with Crippen LogP contribution in [0.3, 0.4) is 0 Å². The van der Waals surface area contributed by atoms with Gasteiger partial charge in [-0.1, -0.05) is 45.9 Å². The fourth-order valence-electron chi connectivity index (χ4n) is 4.93. The molecule has 1 heterocycles. The monoisotopic (exact) mass is 659 g/mol. The maximum Gasteiger partial charge on any atom is 0.326 e. The average Bonchev–Trinajstić information content (AvgIpc) is 3.37. The van der Waals surface area contributed by atoms with E-state index in [1.165, 1.54) is 0 Å². The minimum absolute atomic E-state index is 0.0987. The number of fused-ring (bicyclic) bond motifs is 1. The van der Waals surface area contributed by atoms with Crippen molar-refractivity contribution >= 4 is 52.4 Å². The molecule has 258 valence electrons. The molecule has 5 amide bonds. The lowest BCUT2D eigenvalue weighted by Gasteiger charge is -2.26. The molecule has 1 aromatic heterocycles. The number of para-hydroxylation sites is 1. The number of carboxylic acids is 2. The van der Waals surface area contributed by atoms with Crippen LogP contribution in [0, 0.1) is 11.8 Å². The highest BCUT2D eigenvalue weighted by Gasteiger charge is 2.34. The van der Waals surface area contributed by atoms with Crippen LogP contribution in [0.4, 0.5) is 0 Å². The highest BCUT2D eigenvalue weighted by Crippen LogP contribution is 2.19. The Kier molecular flexibility index (Phi) is 14.3. The van der Waals surface area contributed by atoms with Crippen LogP contribution in [-0.2, 0) is 40.0 Å². The Bertz CT molecular complexity index is 1460. The Hall–Kier alpha value is -4.99. The number of aromatic amines is 1. The van der Waals surface area contributed by atoms with Crippen LogP contribution in [-0.4, -0.2) is 86.9 Å². The van der Waals surface area contributed by atoms with Crippen molar-refractivity contribution in [2.45, 2.75) is 90.0 Å². The van der Waals surface area contributed by atoms with Gasteiger partial charge in [-0.05, 0) is 36.3 Å². The third-order valence-corrected chi connectivity index (χ3v) is 7.17. The largest absolute Gasteiger partial charge is 0.481 e. The SMILES string of the molecule is CC(C)C[C@H](NC(=O)[C@@H](N)CC(C)C)C(=O)N[C@@H](CC(=O)O)C(=O)N[C@@H](CC(N)=O)C(=O)N[C@@H](Cc1c[nH]c2ccccc12)C(=O)O. The summed E-state index contributed by atoms with van der Waals surface area (Å²) in [7, 11) is 0. The third kappa shape index (κ3) is 12.4. The van der Waals surface area contributed by atoms with Crippen molar-refractivity contribution in [1.29, 1.82) is 0 Å². The van der Waals surface area contributed by atoms with Crippen LogP contribution >= 0.6 is 0 Å². The maximum absolute atomic E-state index is 13.3. The third-order valence-electron chi connectivity index (χ3n) is 7.17. The molecule has 0 aliphatic carbocycles. The Morgan fingerprint density at radius 3 is 1.77 bits per heavy atom. The number of hydrogen-bond donors (Lipinski definition) is 9. The highest BCUT2D eigenvalue weighted by atomic mass is 16.4. The van der Waals surface area contributed by atoms with E-state index in [0.717, 1.165) is 10.9 Å². The van der Waals surface area contributed by atoms with E-state index in [1.54, 1.807) is 44.3 Å². The Balaban J connectivity index is 2.24. The fraction of sp³-hybridized carbons (Fsp3) is 0.516. The summed E-state index contributed by atoms with van der Waals surface area (Å²) in [5.41, 5.74) is 12.6. The first-order valence-corrected chi connectivity index (χ1v) is 15.2. The number of nitrogens with two attached hydrogens (primary N) is 2. The predicted octanol–water partition coefficient (Wildman–Crippen LogP) is -0.496. The lowest BCUT2D eigenvalue weighted by molar-refractivity contribution is -0.143. The molecule has 1 aromatic carbocycles. The second-order valence-corrected chi connectivity index (χ2v) is 12.3. The van der Waals surface area contributed by atoms with Crippen LogP contribution in [0.2, 0.25) is 0 Å². The van der Waals surface area contributed by atoms with E-state index in [-0.39, 0.29) is 24.7 Å². The molecule has 0 spiro atoms. The highest BCUT2D eigenvalue weighted by molar-refractivity contribution is 5.98. The van der Waals surface area contributed by atoms with Gasteiger partial charge in [-0.3, -0.25) is 28.8 Å². The second-order valence-electron chi connectivity index (χ2n) is 12.3. The molecule has 0 radical (unpaired) electrons. The van der Waals surface area contributed by atoms with Crippen molar-refractivity contribution in [1.82, 2.24) is 26.3 Å². The summed E-state index contributed by atoms with van der Waals surface area (Å²) < 4.78 is 0. The molecule has 0 aliphatic rings. The molecule has 0 bridgehead atoms. The first kappa shape index (κ1) is 38.2. The van der Waals surface area contributed by atoms with Gasteiger partial charge >= 0.3 is 11.9 Å². The molecule has 0 fully saturated rings. The number of aromatic nitrogens is 1. The lowest BCUT2D eigenvalue weighted by Crippen LogP contribution is -2.59. The molecule has 2 rings (SSSR count). The van der Waals surface area contributed by atoms with E-state index >= 15 is 0 Å². The van der Waals surface area contributed by atoms with Gasteiger partial charge < -0.3 is 47.9 Å². The standard InChI is InChI=1S/C31H45N7O9/c1-15(2)9-19(32)27(42)35-21(10-16(3)4)28(43)37-23(13-26(40)41)30(45)36-22(12-25(33)39)29(44)38-24(31(46)47)11-17-14-34-20-8-6-5-7-18(17)20/h5-8,14-16,19,21-24,34H,9-13,32H2,1-4H3,(H2,33,39)(H,35,42)(H,36,45)(H,37,43)(H,38,44)(H,40,41)(H,46,47)/t19-,21-,22-,23-,24-/m0/s1. The number of amides is 5. The first-order valence-electron chi connectivity index (χ1n) is 15.2. The summed E-state index contributed by atoms with van der Waals surface area (Å²) in [6.45, 7) is 7.33. The van der Waals surface area contributed by atoms with Crippen molar-refractivity contribution in [3.05, 3.63) is 36.0 Å². The number of hydrogen-bond acceptors (Lipinski definition) is 8. The molecule has 0 saturated heterocycles. The summed E-state index contributed by atoms with van der Waals surface area (Å²) in [5.74, 6) is -7.60. The molecular formula is C31H45N7O9. The van der Waals surface area contributed by atoms with Gasteiger partial charge in [0.05, 0.1) is 18.9 Å². The maximum atomic E-state index is 13.3. The van der Waals surface area contributed by atoms with Crippen LogP contribution < -0.4 is 32.7 Å². The van der Waals surface area contributed by atoms with Crippen molar-refractivity contribution in [2.24, 2.45) is 23.3 Å². The van der Waals surface area contributed by atoms with E-state index in [1.807, 2.05) is 13.8 Å². The number of H-pyrrole nitrogens is 1. The summed E-state index contributed by atoms with van der Waals surface area (Å²) in [4.78, 5) is 91.0. The van der Waals surface area contributed by atoms with Crippen molar-refractivity contribution in [3.8, 4) is 0 Å². The number of rotatable bonds is 19. The van der Waals surface area contributed by atoms with Crippen LogP contribution in [0.25, 0.3) is 10.9 Å². The van der Waals surface area contributed by atoms with Crippen LogP contribution in [0.5, 0.6) is 0 Å². The van der Waals surface area contributed by atoms with Gasteiger partial charge in [0.15, 0.2) is 0 Å². The van der Waals surface area contributed by atoms with Crippen molar-refractivity contribution < 1.29 is 43.8 Å². The zero-order chi connectivity index (χ0) is 35.4. The van der Waals surface area contributed by atoms with E-state index in [4.69, 9.17) is 11.5 Å². The van der Waals surface area contributed by atoms with Gasteiger partial charge in [0.2, 0.25) is 29.5 Å². The Morgan fingerprint density at radius 1 is 0.723 bits per heavy atom. The van der Waals surface area contributed by atoms with E-state index in [2.05, 4.69) is 26.3 Å². The number of nitrogens with one attached hydrogen (secondary N) is 5. The van der Waals surface area contributed by atoms with E-state index < -0.39 is 84.5 Å². The number of carbonyl (C=O) groups is 7. The van der Waals surface area contributed by atoms with Crippen molar-refractivity contribution in [3.63, 3.8) is 0 Å². The van der Waals surface area contributed by atoms with Gasteiger partial charge in [0.1, 0.15) is 24.2 Å². The van der Waals surface area contributed by atoms with Crippen LogP contribution in [0.15, 0.2) is 30.5 Å². The Morgan fingerprint density at radius 2 is 1.23 bits per heavy atom. The minimum Gasteiger partial charge on any atom is -0.481 e. The summed E-state index contributed by atoms with van der Waals surface area (Å²) >= 11 is 0. The summed E-state index contributed by atoms with van der Waals surface area (Å²) in [6.07, 6.45) is 0.249. The van der Waals surface area contributed by atoms with Crippen LogP contribution in [0.1, 0.15) is 58.9 Å². The number of aliphatic carboxylic acids is 2. The fourth-order valence-corrected chi connectivity index (χ4v) is 4.93. The smallest absolute Gasteiger partial charge is 0.326 e. The number of primary amides is 1. The zero-order valence-electron chi connectivity index (χ0n) is 26.9. The molecule has 47 heavy (non-hydrogen) atoms. The van der Waals surface area contributed by atoms with E-state index in [0.29, 0.717) is 12.0 Å². The lowest BCUT2D eigenvalue weighted by atomic mass is 10.00. The normalized spacial score (nSPS) is 14.4.